The van der Waals surface area contributed by atoms with Gasteiger partial charge >= 0.3 is 6.03 Å². The minimum Gasteiger partial charge on any atom is -0.394 e. The van der Waals surface area contributed by atoms with Gasteiger partial charge < -0.3 is 20.5 Å². The van der Waals surface area contributed by atoms with E-state index in [0.29, 0.717) is 18.9 Å². The van der Waals surface area contributed by atoms with Crippen LogP contribution in [0, 0.1) is 0 Å². The first-order valence-electron chi connectivity index (χ1n) is 7.39. The minimum atomic E-state index is -0.595. The normalized spacial score (nSPS) is 13.5. The van der Waals surface area contributed by atoms with Crippen LogP contribution in [-0.4, -0.2) is 29.9 Å². The molecule has 5 nitrogen and oxygen atoms in total. The van der Waals surface area contributed by atoms with Gasteiger partial charge in [0.25, 0.3) is 0 Å². The van der Waals surface area contributed by atoms with E-state index in [1.807, 2.05) is 45.0 Å². The molecule has 0 spiro atoms. The van der Waals surface area contributed by atoms with E-state index in [0.717, 1.165) is 18.4 Å². The molecule has 1 aromatic carbocycles. The number of hydrogen-bond acceptors (Lipinski definition) is 3. The van der Waals surface area contributed by atoms with Gasteiger partial charge in [-0.15, -0.1) is 0 Å². The average molecular weight is 294 g/mol. The number of urea groups is 1. The zero-order valence-electron chi connectivity index (χ0n) is 13.1. The quantitative estimate of drug-likeness (QED) is 0.690. The van der Waals surface area contributed by atoms with Crippen molar-refractivity contribution in [3.63, 3.8) is 0 Å². The van der Waals surface area contributed by atoms with E-state index in [1.165, 1.54) is 0 Å². The Labute approximate surface area is 126 Å². The largest absolute Gasteiger partial charge is 0.394 e. The van der Waals surface area contributed by atoms with Crippen molar-refractivity contribution in [1.82, 2.24) is 5.32 Å². The van der Waals surface area contributed by atoms with Crippen LogP contribution in [0.3, 0.4) is 0 Å². The Morgan fingerprint density at radius 2 is 2.14 bits per heavy atom. The summed E-state index contributed by atoms with van der Waals surface area (Å²) in [6, 6.07) is 7.22. The number of carbonyl (C=O) groups excluding carboxylic acids is 1. The van der Waals surface area contributed by atoms with Crippen molar-refractivity contribution in [1.29, 1.82) is 0 Å². The van der Waals surface area contributed by atoms with Crippen LogP contribution in [0.2, 0.25) is 0 Å². The lowest BCUT2D eigenvalue weighted by molar-refractivity contribution is 0.134. The summed E-state index contributed by atoms with van der Waals surface area (Å²) in [4.78, 5) is 12.0. The SMILES string of the molecule is CCCC(C)(CO)NC(=O)Nc1cccc(COCC)c1. The maximum atomic E-state index is 12.0. The second-order valence-electron chi connectivity index (χ2n) is 5.39. The van der Waals surface area contributed by atoms with Crippen molar-refractivity contribution in [2.75, 3.05) is 18.5 Å². The number of aliphatic hydroxyl groups is 1. The monoisotopic (exact) mass is 294 g/mol. The fourth-order valence-corrected chi connectivity index (χ4v) is 2.13. The Balaban J connectivity index is 2.61. The number of anilines is 1. The Kier molecular flexibility index (Phi) is 7.19. The van der Waals surface area contributed by atoms with Gasteiger partial charge in [0.1, 0.15) is 0 Å². The van der Waals surface area contributed by atoms with Crippen molar-refractivity contribution in [2.24, 2.45) is 0 Å². The molecule has 1 unspecified atom stereocenters. The molecule has 0 bridgehead atoms. The van der Waals surface area contributed by atoms with Crippen LogP contribution in [0.4, 0.5) is 10.5 Å². The molecule has 21 heavy (non-hydrogen) atoms. The maximum absolute atomic E-state index is 12.0. The third kappa shape index (κ3) is 6.14. The van der Waals surface area contributed by atoms with Crippen LogP contribution < -0.4 is 10.6 Å². The lowest BCUT2D eigenvalue weighted by Crippen LogP contribution is -2.50. The number of aliphatic hydroxyl groups excluding tert-OH is 1. The molecule has 1 rings (SSSR count). The Bertz CT molecular complexity index is 451. The molecule has 0 aliphatic carbocycles. The molecule has 3 N–H and O–H groups in total. The molecule has 0 saturated heterocycles. The van der Waals surface area contributed by atoms with Gasteiger partial charge in [0.05, 0.1) is 18.8 Å². The summed E-state index contributed by atoms with van der Waals surface area (Å²) < 4.78 is 5.35. The number of amides is 2. The van der Waals surface area contributed by atoms with E-state index < -0.39 is 5.54 Å². The summed E-state index contributed by atoms with van der Waals surface area (Å²) >= 11 is 0. The van der Waals surface area contributed by atoms with Crippen molar-refractivity contribution in [2.45, 2.75) is 45.8 Å². The van der Waals surface area contributed by atoms with E-state index in [2.05, 4.69) is 10.6 Å². The molecular formula is C16H26N2O3. The van der Waals surface area contributed by atoms with Gasteiger partial charge in [0.15, 0.2) is 0 Å². The topological polar surface area (TPSA) is 70.6 Å². The summed E-state index contributed by atoms with van der Waals surface area (Å²) in [5.74, 6) is 0. The molecule has 0 aliphatic heterocycles. The van der Waals surface area contributed by atoms with Gasteiger partial charge in [-0.3, -0.25) is 0 Å². The number of ether oxygens (including phenoxy) is 1. The Hall–Kier alpha value is -1.59. The zero-order valence-corrected chi connectivity index (χ0v) is 13.1. The number of nitrogens with one attached hydrogen (secondary N) is 2. The second kappa shape index (κ2) is 8.64. The molecule has 0 heterocycles. The summed E-state index contributed by atoms with van der Waals surface area (Å²) in [6.45, 7) is 6.89. The van der Waals surface area contributed by atoms with E-state index in [1.54, 1.807) is 0 Å². The third-order valence-corrected chi connectivity index (χ3v) is 3.22. The molecule has 0 aromatic heterocycles. The first-order chi connectivity index (χ1) is 10.0. The third-order valence-electron chi connectivity index (χ3n) is 3.22. The molecule has 0 aliphatic rings. The highest BCUT2D eigenvalue weighted by Crippen LogP contribution is 2.14. The highest BCUT2D eigenvalue weighted by Gasteiger charge is 2.24. The van der Waals surface area contributed by atoms with Crippen molar-refractivity contribution in [3.05, 3.63) is 29.8 Å². The van der Waals surface area contributed by atoms with Gasteiger partial charge in [-0.1, -0.05) is 25.5 Å². The summed E-state index contributed by atoms with van der Waals surface area (Å²) in [7, 11) is 0. The minimum absolute atomic E-state index is 0.0847. The molecule has 0 radical (unpaired) electrons. The van der Waals surface area contributed by atoms with Crippen LogP contribution in [0.25, 0.3) is 0 Å². The number of rotatable bonds is 8. The van der Waals surface area contributed by atoms with Gasteiger partial charge in [-0.25, -0.2) is 4.79 Å². The highest BCUT2D eigenvalue weighted by atomic mass is 16.5. The summed E-state index contributed by atoms with van der Waals surface area (Å²) in [5.41, 5.74) is 1.12. The highest BCUT2D eigenvalue weighted by molar-refractivity contribution is 5.89. The van der Waals surface area contributed by atoms with E-state index >= 15 is 0 Å². The van der Waals surface area contributed by atoms with E-state index in [-0.39, 0.29) is 12.6 Å². The average Bonchev–Trinajstić information content (AvgIpc) is 2.45. The van der Waals surface area contributed by atoms with Crippen molar-refractivity contribution >= 4 is 11.7 Å². The van der Waals surface area contributed by atoms with Gasteiger partial charge in [-0.2, -0.15) is 0 Å². The van der Waals surface area contributed by atoms with E-state index in [9.17, 15) is 9.90 Å². The molecule has 2 amide bonds. The lowest BCUT2D eigenvalue weighted by Gasteiger charge is -2.28. The Morgan fingerprint density at radius 1 is 1.38 bits per heavy atom. The number of hydrogen-bond donors (Lipinski definition) is 3. The number of benzene rings is 1. The smallest absolute Gasteiger partial charge is 0.319 e. The molecule has 0 saturated carbocycles. The maximum Gasteiger partial charge on any atom is 0.319 e. The summed E-state index contributed by atoms with van der Waals surface area (Å²) in [6.07, 6.45) is 1.61. The van der Waals surface area contributed by atoms with Crippen molar-refractivity contribution in [3.8, 4) is 0 Å². The lowest BCUT2D eigenvalue weighted by atomic mass is 9.98. The van der Waals surface area contributed by atoms with Crippen molar-refractivity contribution < 1.29 is 14.6 Å². The molecule has 1 atom stereocenters. The fourth-order valence-electron chi connectivity index (χ4n) is 2.13. The van der Waals surface area contributed by atoms with Crippen LogP contribution >= 0.6 is 0 Å². The molecule has 118 valence electrons. The molecular weight excluding hydrogens is 268 g/mol. The van der Waals surface area contributed by atoms with E-state index in [4.69, 9.17) is 4.74 Å². The Morgan fingerprint density at radius 3 is 2.76 bits per heavy atom. The van der Waals surface area contributed by atoms with Crippen LogP contribution in [0.5, 0.6) is 0 Å². The predicted octanol–water partition coefficient (Wildman–Crippen LogP) is 2.90. The van der Waals surface area contributed by atoms with Gasteiger partial charge in [0.2, 0.25) is 0 Å². The van der Waals surface area contributed by atoms with Crippen LogP contribution in [0.1, 0.15) is 39.2 Å². The molecule has 0 fully saturated rings. The van der Waals surface area contributed by atoms with Gasteiger partial charge in [0, 0.05) is 12.3 Å². The van der Waals surface area contributed by atoms with Gasteiger partial charge in [-0.05, 0) is 38.0 Å². The van der Waals surface area contributed by atoms with Crippen LogP contribution in [-0.2, 0) is 11.3 Å². The molecule has 5 heteroatoms. The predicted molar refractivity (Wildman–Crippen MR) is 84.3 cm³/mol. The standard InChI is InChI=1S/C16H26N2O3/c1-4-9-16(3,12-19)18-15(20)17-14-8-6-7-13(10-14)11-21-5-2/h6-8,10,19H,4-5,9,11-12H2,1-3H3,(H2,17,18,20). The first kappa shape index (κ1) is 17.5. The second-order valence-corrected chi connectivity index (χ2v) is 5.39. The zero-order chi connectivity index (χ0) is 15.7. The number of carbonyl (C=O) groups is 1. The fraction of sp³-hybridized carbons (Fsp3) is 0.562. The van der Waals surface area contributed by atoms with Crippen LogP contribution in [0.15, 0.2) is 24.3 Å². The first-order valence-corrected chi connectivity index (χ1v) is 7.39. The molecule has 1 aromatic rings. The summed E-state index contributed by atoms with van der Waals surface area (Å²) in [5, 5.41) is 15.0.